The average molecular weight is 128 g/mol. The van der Waals surface area contributed by atoms with Crippen molar-refractivity contribution in [1.82, 2.24) is 0 Å². The van der Waals surface area contributed by atoms with Crippen LogP contribution in [0.4, 0.5) is 0 Å². The van der Waals surface area contributed by atoms with E-state index in [-0.39, 0.29) is 12.0 Å². The van der Waals surface area contributed by atoms with Gasteiger partial charge in [-0.3, -0.25) is 0 Å². The predicted molar refractivity (Wildman–Crippen MR) is 35.1 cm³/mol. The number of hydrogen-bond donors (Lipinski definition) is 1. The minimum Gasteiger partial charge on any atom is -0.392 e. The zero-order valence-electron chi connectivity index (χ0n) is 5.42. The van der Waals surface area contributed by atoms with E-state index in [2.05, 4.69) is 6.58 Å². The molecule has 0 unspecified atom stereocenters. The van der Waals surface area contributed by atoms with Gasteiger partial charge in [-0.15, -0.1) is 6.58 Å². The van der Waals surface area contributed by atoms with Crippen molar-refractivity contribution in [3.05, 3.63) is 12.7 Å². The fourth-order valence-corrected chi connectivity index (χ4v) is 0.974. The topological polar surface area (TPSA) is 29.5 Å². The molecule has 1 rings (SSSR count). The van der Waals surface area contributed by atoms with E-state index in [4.69, 9.17) is 4.74 Å². The lowest BCUT2D eigenvalue weighted by molar-refractivity contribution is -0.0175. The number of hydrogen-bond acceptors (Lipinski definition) is 2. The molecule has 1 heterocycles. The highest BCUT2D eigenvalue weighted by Crippen LogP contribution is 2.14. The van der Waals surface area contributed by atoms with Crippen molar-refractivity contribution in [2.45, 2.75) is 12.5 Å². The zero-order valence-corrected chi connectivity index (χ0v) is 5.42. The van der Waals surface area contributed by atoms with Gasteiger partial charge in [-0.1, -0.05) is 6.08 Å². The van der Waals surface area contributed by atoms with Crippen LogP contribution in [0.15, 0.2) is 12.7 Å². The van der Waals surface area contributed by atoms with Crippen LogP contribution in [0.3, 0.4) is 0 Å². The van der Waals surface area contributed by atoms with Gasteiger partial charge in [0.15, 0.2) is 0 Å². The summed E-state index contributed by atoms with van der Waals surface area (Å²) in [6.07, 6.45) is 2.27. The van der Waals surface area contributed by atoms with E-state index in [1.807, 2.05) is 0 Å². The van der Waals surface area contributed by atoms with Crippen LogP contribution in [-0.2, 0) is 4.74 Å². The summed E-state index contributed by atoms with van der Waals surface area (Å²) in [7, 11) is 0. The Hall–Kier alpha value is -0.340. The lowest BCUT2D eigenvalue weighted by atomic mass is 9.99. The molecule has 0 aromatic carbocycles. The Balaban J connectivity index is 2.38. The molecular weight excluding hydrogens is 116 g/mol. The summed E-state index contributed by atoms with van der Waals surface area (Å²) in [5.74, 6) is 0.152. The Kier molecular flexibility index (Phi) is 2.25. The van der Waals surface area contributed by atoms with Gasteiger partial charge in [0.2, 0.25) is 0 Å². The summed E-state index contributed by atoms with van der Waals surface area (Å²) in [6.45, 7) is 4.91. The third-order valence-electron chi connectivity index (χ3n) is 1.67. The molecule has 0 saturated carbocycles. The highest BCUT2D eigenvalue weighted by atomic mass is 16.5. The fraction of sp³-hybridized carbons (Fsp3) is 0.714. The third-order valence-corrected chi connectivity index (χ3v) is 1.67. The lowest BCUT2D eigenvalue weighted by Gasteiger charge is -2.24. The maximum atomic E-state index is 9.22. The number of rotatable bonds is 1. The van der Waals surface area contributed by atoms with E-state index in [0.29, 0.717) is 13.2 Å². The Morgan fingerprint density at radius 1 is 1.67 bits per heavy atom. The van der Waals surface area contributed by atoms with Crippen molar-refractivity contribution in [3.63, 3.8) is 0 Å². The van der Waals surface area contributed by atoms with Gasteiger partial charge in [0.05, 0.1) is 12.7 Å². The first-order chi connectivity index (χ1) is 4.34. The Labute approximate surface area is 55.1 Å². The van der Waals surface area contributed by atoms with Crippen LogP contribution in [0, 0.1) is 5.92 Å². The van der Waals surface area contributed by atoms with Gasteiger partial charge in [0.25, 0.3) is 0 Å². The minimum atomic E-state index is -0.226. The summed E-state index contributed by atoms with van der Waals surface area (Å²) < 4.78 is 5.11. The first-order valence-electron chi connectivity index (χ1n) is 3.23. The maximum Gasteiger partial charge on any atom is 0.0646 e. The van der Waals surface area contributed by atoms with Gasteiger partial charge in [-0.25, -0.2) is 0 Å². The van der Waals surface area contributed by atoms with Gasteiger partial charge >= 0.3 is 0 Å². The van der Waals surface area contributed by atoms with Crippen LogP contribution in [-0.4, -0.2) is 24.4 Å². The van der Waals surface area contributed by atoms with E-state index < -0.39 is 0 Å². The Bertz CT molecular complexity index is 101. The van der Waals surface area contributed by atoms with Gasteiger partial charge in [-0.2, -0.15) is 0 Å². The first kappa shape index (κ1) is 6.78. The highest BCUT2D eigenvalue weighted by Gasteiger charge is 2.19. The molecule has 1 N–H and O–H groups in total. The maximum absolute atomic E-state index is 9.22. The molecule has 0 radical (unpaired) electrons. The number of aliphatic hydroxyl groups excluding tert-OH is 1. The van der Waals surface area contributed by atoms with Crippen LogP contribution in [0.2, 0.25) is 0 Å². The van der Waals surface area contributed by atoms with E-state index in [9.17, 15) is 5.11 Å². The second kappa shape index (κ2) is 2.99. The van der Waals surface area contributed by atoms with Crippen LogP contribution < -0.4 is 0 Å². The first-order valence-corrected chi connectivity index (χ1v) is 3.23. The molecule has 1 aliphatic heterocycles. The second-order valence-electron chi connectivity index (χ2n) is 2.33. The molecule has 9 heavy (non-hydrogen) atoms. The number of aliphatic hydroxyl groups is 1. The third kappa shape index (κ3) is 1.53. The van der Waals surface area contributed by atoms with Crippen LogP contribution >= 0.6 is 0 Å². The molecule has 1 saturated heterocycles. The molecule has 0 amide bonds. The van der Waals surface area contributed by atoms with Crippen molar-refractivity contribution in [3.8, 4) is 0 Å². The highest BCUT2D eigenvalue weighted by molar-refractivity contribution is 4.86. The molecule has 2 heteroatoms. The van der Waals surface area contributed by atoms with E-state index in [0.717, 1.165) is 6.42 Å². The molecule has 52 valence electrons. The summed E-state index contributed by atoms with van der Waals surface area (Å²) in [5.41, 5.74) is 0. The van der Waals surface area contributed by atoms with Crippen molar-refractivity contribution in [2.24, 2.45) is 5.92 Å². The monoisotopic (exact) mass is 128 g/mol. The summed E-state index contributed by atoms with van der Waals surface area (Å²) in [4.78, 5) is 0. The van der Waals surface area contributed by atoms with Crippen molar-refractivity contribution < 1.29 is 9.84 Å². The van der Waals surface area contributed by atoms with E-state index in [1.165, 1.54) is 0 Å². The van der Waals surface area contributed by atoms with E-state index >= 15 is 0 Å². The SMILES string of the molecule is C=C[C@H]1COCC[C@H]1O. The lowest BCUT2D eigenvalue weighted by Crippen LogP contribution is -2.29. The van der Waals surface area contributed by atoms with Crippen molar-refractivity contribution in [2.75, 3.05) is 13.2 Å². The number of ether oxygens (including phenoxy) is 1. The summed E-state index contributed by atoms with van der Waals surface area (Å²) in [5, 5.41) is 9.22. The normalized spacial score (nSPS) is 36.1. The summed E-state index contributed by atoms with van der Waals surface area (Å²) >= 11 is 0. The Morgan fingerprint density at radius 3 is 2.89 bits per heavy atom. The van der Waals surface area contributed by atoms with Crippen molar-refractivity contribution >= 4 is 0 Å². The average Bonchev–Trinajstić information content (AvgIpc) is 1.89. The summed E-state index contributed by atoms with van der Waals surface area (Å²) in [6, 6.07) is 0. The molecule has 0 bridgehead atoms. The van der Waals surface area contributed by atoms with Crippen LogP contribution in [0.25, 0.3) is 0 Å². The smallest absolute Gasteiger partial charge is 0.0646 e. The molecule has 0 aromatic heterocycles. The quantitative estimate of drug-likeness (QED) is 0.523. The molecule has 0 aliphatic carbocycles. The van der Waals surface area contributed by atoms with Gasteiger partial charge < -0.3 is 9.84 Å². The standard InChI is InChI=1S/C7H12O2/c1-2-6-5-9-4-3-7(6)8/h2,6-8H,1,3-5H2/t6-,7+/m0/s1. The van der Waals surface area contributed by atoms with Gasteiger partial charge in [0.1, 0.15) is 0 Å². The predicted octanol–water partition coefficient (Wildman–Crippen LogP) is 0.570. The molecule has 0 spiro atoms. The minimum absolute atomic E-state index is 0.152. The largest absolute Gasteiger partial charge is 0.392 e. The molecule has 0 aromatic rings. The van der Waals surface area contributed by atoms with Gasteiger partial charge in [-0.05, 0) is 6.42 Å². The Morgan fingerprint density at radius 2 is 2.44 bits per heavy atom. The van der Waals surface area contributed by atoms with Crippen LogP contribution in [0.1, 0.15) is 6.42 Å². The zero-order chi connectivity index (χ0) is 6.69. The van der Waals surface area contributed by atoms with Crippen molar-refractivity contribution in [1.29, 1.82) is 0 Å². The molecule has 1 fully saturated rings. The van der Waals surface area contributed by atoms with Gasteiger partial charge in [0, 0.05) is 12.5 Å². The fourth-order valence-electron chi connectivity index (χ4n) is 0.974. The molecular formula is C7H12O2. The van der Waals surface area contributed by atoms with E-state index in [1.54, 1.807) is 6.08 Å². The molecule has 1 aliphatic rings. The molecule has 2 nitrogen and oxygen atoms in total. The second-order valence-corrected chi connectivity index (χ2v) is 2.33. The molecule has 2 atom stereocenters. The van der Waals surface area contributed by atoms with Crippen LogP contribution in [0.5, 0.6) is 0 Å².